The average molecular weight is 488 g/mol. The number of carbonyl (C=O) groups is 1. The van der Waals surface area contributed by atoms with Gasteiger partial charge in [-0.15, -0.1) is 0 Å². The van der Waals surface area contributed by atoms with Crippen molar-refractivity contribution in [2.45, 2.75) is 64.9 Å². The molecule has 1 aliphatic rings. The number of aromatic nitrogens is 3. The van der Waals surface area contributed by atoms with E-state index in [1.54, 1.807) is 22.8 Å². The van der Waals surface area contributed by atoms with Crippen molar-refractivity contribution in [3.05, 3.63) is 56.6 Å². The van der Waals surface area contributed by atoms with Crippen LogP contribution < -0.4 is 5.56 Å². The van der Waals surface area contributed by atoms with E-state index in [2.05, 4.69) is 18.4 Å². The third-order valence-electron chi connectivity index (χ3n) is 6.05. The number of hydrogen-bond acceptors (Lipinski definition) is 5. The van der Waals surface area contributed by atoms with E-state index in [4.69, 9.17) is 21.3 Å². The van der Waals surface area contributed by atoms with Gasteiger partial charge in [-0.3, -0.25) is 14.2 Å². The Balaban J connectivity index is 1.59. The van der Waals surface area contributed by atoms with Crippen molar-refractivity contribution in [1.82, 2.24) is 14.1 Å². The van der Waals surface area contributed by atoms with Gasteiger partial charge in [-0.2, -0.15) is 0 Å². The highest BCUT2D eigenvalue weighted by molar-refractivity contribution is 7.99. The highest BCUT2D eigenvalue weighted by Gasteiger charge is 2.22. The number of halogens is 1. The molecule has 4 rings (SSSR count). The number of thioether (sulfide) groups is 1. The van der Waals surface area contributed by atoms with Crippen LogP contribution in [0.15, 0.2) is 34.2 Å². The second-order valence-electron chi connectivity index (χ2n) is 9.11. The molecule has 1 unspecified atom stereocenters. The van der Waals surface area contributed by atoms with Crippen molar-refractivity contribution in [3.8, 4) is 0 Å². The molecule has 6 nitrogen and oxygen atoms in total. The Kier molecular flexibility index (Phi) is 7.31. The van der Waals surface area contributed by atoms with Gasteiger partial charge in [0.05, 0.1) is 22.8 Å². The lowest BCUT2D eigenvalue weighted by atomic mass is 10.2. The highest BCUT2D eigenvalue weighted by Crippen LogP contribution is 2.25. The van der Waals surface area contributed by atoms with Gasteiger partial charge < -0.3 is 9.30 Å². The van der Waals surface area contributed by atoms with E-state index in [1.165, 1.54) is 11.8 Å². The van der Waals surface area contributed by atoms with Gasteiger partial charge in [-0.25, -0.2) is 4.98 Å². The minimum absolute atomic E-state index is 0.0308. The van der Waals surface area contributed by atoms with E-state index in [9.17, 15) is 9.59 Å². The van der Waals surface area contributed by atoms with Crippen LogP contribution >= 0.6 is 23.4 Å². The van der Waals surface area contributed by atoms with E-state index >= 15 is 0 Å². The molecule has 0 radical (unpaired) electrons. The lowest BCUT2D eigenvalue weighted by molar-refractivity contribution is 0.0957. The molecule has 0 N–H and O–H groups in total. The van der Waals surface area contributed by atoms with E-state index < -0.39 is 0 Å². The summed E-state index contributed by atoms with van der Waals surface area (Å²) < 4.78 is 9.64. The molecule has 1 atom stereocenters. The molecule has 1 fully saturated rings. The topological polar surface area (TPSA) is 66.1 Å². The standard InChI is InChI=1S/C25H30ClN3O3S/c1-15(2)12-29-24(31)20-8-7-18(26)11-22(20)27-25(29)33-14-23(30)21-10-16(3)28(17(21)4)13-19-6-5-9-32-19/h7-8,10-11,15,19H,5-6,9,12-14H2,1-4H3. The highest BCUT2D eigenvalue weighted by atomic mass is 35.5. The molecule has 1 saturated heterocycles. The number of fused-ring (bicyclic) bond motifs is 1. The van der Waals surface area contributed by atoms with Gasteiger partial charge in [-0.05, 0) is 56.9 Å². The van der Waals surface area contributed by atoms with Crippen molar-refractivity contribution in [1.29, 1.82) is 0 Å². The SMILES string of the molecule is Cc1cc(C(=O)CSc2nc3cc(Cl)ccc3c(=O)n2CC(C)C)c(C)n1CC1CCCO1. The molecule has 176 valence electrons. The third kappa shape index (κ3) is 5.20. The second-order valence-corrected chi connectivity index (χ2v) is 10.5. The molecule has 33 heavy (non-hydrogen) atoms. The summed E-state index contributed by atoms with van der Waals surface area (Å²) in [7, 11) is 0. The molecule has 3 heterocycles. The third-order valence-corrected chi connectivity index (χ3v) is 7.26. The Labute approximate surface area is 203 Å². The van der Waals surface area contributed by atoms with E-state index in [1.807, 2.05) is 19.9 Å². The van der Waals surface area contributed by atoms with Gasteiger partial charge in [0, 0.05) is 41.7 Å². The molecule has 1 aliphatic heterocycles. The molecule has 0 spiro atoms. The summed E-state index contributed by atoms with van der Waals surface area (Å²) in [6, 6.07) is 7.08. The van der Waals surface area contributed by atoms with Crippen molar-refractivity contribution in [2.75, 3.05) is 12.4 Å². The summed E-state index contributed by atoms with van der Waals surface area (Å²) in [5.41, 5.74) is 3.20. The fourth-order valence-corrected chi connectivity index (χ4v) is 5.43. The van der Waals surface area contributed by atoms with Gasteiger partial charge in [0.1, 0.15) is 0 Å². The number of hydrogen-bond donors (Lipinski definition) is 0. The van der Waals surface area contributed by atoms with E-state index in [-0.39, 0.29) is 29.1 Å². The van der Waals surface area contributed by atoms with Crippen LogP contribution in [0.25, 0.3) is 10.9 Å². The van der Waals surface area contributed by atoms with Gasteiger partial charge in [0.15, 0.2) is 10.9 Å². The quantitative estimate of drug-likeness (QED) is 0.246. The lowest BCUT2D eigenvalue weighted by Gasteiger charge is -2.15. The lowest BCUT2D eigenvalue weighted by Crippen LogP contribution is -2.25. The Hall–Kier alpha value is -2.09. The molecule has 3 aromatic rings. The summed E-state index contributed by atoms with van der Waals surface area (Å²) in [5, 5.41) is 1.61. The molecule has 8 heteroatoms. The molecule has 0 aliphatic carbocycles. The minimum Gasteiger partial charge on any atom is -0.376 e. The van der Waals surface area contributed by atoms with Gasteiger partial charge in [0.2, 0.25) is 0 Å². The Morgan fingerprint density at radius 3 is 2.76 bits per heavy atom. The zero-order chi connectivity index (χ0) is 23.7. The van der Waals surface area contributed by atoms with Crippen molar-refractivity contribution in [3.63, 3.8) is 0 Å². The van der Waals surface area contributed by atoms with Crippen LogP contribution in [0.4, 0.5) is 0 Å². The van der Waals surface area contributed by atoms with Crippen molar-refractivity contribution in [2.24, 2.45) is 5.92 Å². The van der Waals surface area contributed by atoms with Crippen LogP contribution in [0.5, 0.6) is 0 Å². The summed E-state index contributed by atoms with van der Waals surface area (Å²) in [6.45, 7) is 10.3. The van der Waals surface area contributed by atoms with Crippen LogP contribution in [0.2, 0.25) is 5.02 Å². The fourth-order valence-electron chi connectivity index (χ4n) is 4.37. The molecular formula is C25H30ClN3O3S. The molecular weight excluding hydrogens is 458 g/mol. The molecule has 1 aromatic carbocycles. The molecule has 0 bridgehead atoms. The largest absolute Gasteiger partial charge is 0.376 e. The number of nitrogens with zero attached hydrogens (tertiary/aromatic N) is 3. The summed E-state index contributed by atoms with van der Waals surface area (Å²) in [5.74, 6) is 0.505. The number of carbonyl (C=O) groups excluding carboxylic acids is 1. The summed E-state index contributed by atoms with van der Waals surface area (Å²) in [4.78, 5) is 31.0. The van der Waals surface area contributed by atoms with Crippen LogP contribution in [-0.2, 0) is 17.8 Å². The normalized spacial score (nSPS) is 16.2. The summed E-state index contributed by atoms with van der Waals surface area (Å²) in [6.07, 6.45) is 2.36. The Morgan fingerprint density at radius 1 is 1.27 bits per heavy atom. The Bertz CT molecular complexity index is 1240. The van der Waals surface area contributed by atoms with Gasteiger partial charge >= 0.3 is 0 Å². The monoisotopic (exact) mass is 487 g/mol. The fraction of sp³-hybridized carbons (Fsp3) is 0.480. The Morgan fingerprint density at radius 2 is 2.06 bits per heavy atom. The van der Waals surface area contributed by atoms with Gasteiger partial charge in [-0.1, -0.05) is 37.2 Å². The molecule has 2 aromatic heterocycles. The predicted molar refractivity (Wildman–Crippen MR) is 134 cm³/mol. The molecule has 0 saturated carbocycles. The predicted octanol–water partition coefficient (Wildman–Crippen LogP) is 5.28. The first-order valence-electron chi connectivity index (χ1n) is 11.4. The van der Waals surface area contributed by atoms with Crippen LogP contribution in [0.3, 0.4) is 0 Å². The average Bonchev–Trinajstić information content (AvgIpc) is 3.37. The number of ether oxygens (including phenoxy) is 1. The molecule has 0 amide bonds. The number of rotatable bonds is 8. The van der Waals surface area contributed by atoms with Gasteiger partial charge in [0.25, 0.3) is 5.56 Å². The first-order valence-corrected chi connectivity index (χ1v) is 12.8. The van der Waals surface area contributed by atoms with Crippen molar-refractivity contribution >= 4 is 40.0 Å². The maximum absolute atomic E-state index is 13.2. The van der Waals surface area contributed by atoms with Crippen LogP contribution in [0.1, 0.15) is 48.4 Å². The maximum atomic E-state index is 13.2. The number of benzene rings is 1. The van der Waals surface area contributed by atoms with E-state index in [0.717, 1.165) is 42.9 Å². The minimum atomic E-state index is -0.102. The zero-order valence-corrected chi connectivity index (χ0v) is 21.1. The van der Waals surface area contributed by atoms with Crippen LogP contribution in [-0.4, -0.2) is 38.4 Å². The van der Waals surface area contributed by atoms with E-state index in [0.29, 0.717) is 27.6 Å². The number of ketones is 1. The number of aryl methyl sites for hydroxylation is 1. The second kappa shape index (κ2) is 10.0. The number of Topliss-reactive ketones (excluding diaryl/α,β-unsaturated/α-hetero) is 1. The first-order chi connectivity index (χ1) is 15.7. The van der Waals surface area contributed by atoms with Crippen molar-refractivity contribution < 1.29 is 9.53 Å². The first kappa shape index (κ1) is 24.0. The maximum Gasteiger partial charge on any atom is 0.262 e. The van der Waals surface area contributed by atoms with Crippen LogP contribution in [0, 0.1) is 19.8 Å². The summed E-state index contributed by atoms with van der Waals surface area (Å²) >= 11 is 7.44. The zero-order valence-electron chi connectivity index (χ0n) is 19.6. The smallest absolute Gasteiger partial charge is 0.262 e.